The SMILES string of the molecule is CC[C@@H](c1n[nH]c(=S)n1Cc1ccccc1)[NH+](C)C. The number of rotatable bonds is 5. The summed E-state index contributed by atoms with van der Waals surface area (Å²) < 4.78 is 2.80. The molecule has 2 rings (SSSR count). The Labute approximate surface area is 119 Å². The van der Waals surface area contributed by atoms with Gasteiger partial charge >= 0.3 is 0 Å². The lowest BCUT2D eigenvalue weighted by Crippen LogP contribution is -3.06. The van der Waals surface area contributed by atoms with Crippen molar-refractivity contribution in [3.63, 3.8) is 0 Å². The van der Waals surface area contributed by atoms with Crippen LogP contribution in [0.25, 0.3) is 0 Å². The predicted molar refractivity (Wildman–Crippen MR) is 78.8 cm³/mol. The summed E-state index contributed by atoms with van der Waals surface area (Å²) in [5.74, 6) is 1.04. The molecular formula is C14H21N4S+. The van der Waals surface area contributed by atoms with Crippen LogP contribution in [0.15, 0.2) is 30.3 Å². The van der Waals surface area contributed by atoms with E-state index in [1.807, 2.05) is 18.2 Å². The van der Waals surface area contributed by atoms with Crippen LogP contribution in [0.2, 0.25) is 0 Å². The first kappa shape index (κ1) is 14.0. The maximum absolute atomic E-state index is 5.36. The normalized spacial score (nSPS) is 12.8. The maximum atomic E-state index is 5.36. The molecule has 1 atom stereocenters. The molecular weight excluding hydrogens is 256 g/mol. The lowest BCUT2D eigenvalue weighted by molar-refractivity contribution is -0.893. The Bertz CT molecular complexity index is 571. The van der Waals surface area contributed by atoms with Crippen LogP contribution in [-0.4, -0.2) is 28.9 Å². The predicted octanol–water partition coefficient (Wildman–Crippen LogP) is 1.58. The van der Waals surface area contributed by atoms with Gasteiger partial charge in [-0.05, 0) is 17.8 Å². The van der Waals surface area contributed by atoms with Crippen LogP contribution in [0.1, 0.15) is 30.8 Å². The zero-order valence-corrected chi connectivity index (χ0v) is 12.5. The lowest BCUT2D eigenvalue weighted by Gasteiger charge is -2.19. The summed E-state index contributed by atoms with van der Waals surface area (Å²) in [5.41, 5.74) is 1.24. The molecule has 0 unspecified atom stereocenters. The molecule has 0 spiro atoms. The number of nitrogens with zero attached hydrogens (tertiary/aromatic N) is 2. The minimum Gasteiger partial charge on any atom is -0.331 e. The highest BCUT2D eigenvalue weighted by atomic mass is 32.1. The highest BCUT2D eigenvalue weighted by molar-refractivity contribution is 7.71. The van der Waals surface area contributed by atoms with Gasteiger partial charge < -0.3 is 4.90 Å². The molecule has 0 fully saturated rings. The first-order valence-electron chi connectivity index (χ1n) is 6.62. The zero-order chi connectivity index (χ0) is 13.8. The van der Waals surface area contributed by atoms with Gasteiger partial charge in [-0.3, -0.25) is 9.67 Å². The van der Waals surface area contributed by atoms with Crippen LogP contribution in [0.5, 0.6) is 0 Å². The van der Waals surface area contributed by atoms with Gasteiger partial charge in [-0.1, -0.05) is 37.3 Å². The van der Waals surface area contributed by atoms with E-state index >= 15 is 0 Å². The number of hydrogen-bond acceptors (Lipinski definition) is 2. The van der Waals surface area contributed by atoms with Gasteiger partial charge in [0, 0.05) is 6.42 Å². The van der Waals surface area contributed by atoms with Gasteiger partial charge in [-0.2, -0.15) is 5.10 Å². The van der Waals surface area contributed by atoms with E-state index in [0.717, 1.165) is 18.8 Å². The van der Waals surface area contributed by atoms with Crippen molar-refractivity contribution in [2.24, 2.45) is 0 Å². The smallest absolute Gasteiger partial charge is 0.195 e. The summed E-state index contributed by atoms with van der Waals surface area (Å²) in [6.45, 7) is 2.96. The van der Waals surface area contributed by atoms with E-state index in [1.54, 1.807) is 0 Å². The largest absolute Gasteiger partial charge is 0.331 e. The van der Waals surface area contributed by atoms with E-state index in [-0.39, 0.29) is 0 Å². The summed E-state index contributed by atoms with van der Waals surface area (Å²) in [7, 11) is 4.30. The Morgan fingerprint density at radius 3 is 2.58 bits per heavy atom. The number of aromatic nitrogens is 3. The van der Waals surface area contributed by atoms with Crippen molar-refractivity contribution < 1.29 is 4.90 Å². The molecule has 2 N–H and O–H groups in total. The van der Waals surface area contributed by atoms with E-state index in [0.29, 0.717) is 10.8 Å². The Balaban J connectivity index is 2.35. The van der Waals surface area contributed by atoms with E-state index in [4.69, 9.17) is 12.2 Å². The van der Waals surface area contributed by atoms with Crippen LogP contribution >= 0.6 is 12.2 Å². The van der Waals surface area contributed by atoms with Gasteiger partial charge in [0.05, 0.1) is 20.6 Å². The van der Waals surface area contributed by atoms with E-state index in [2.05, 4.69) is 47.9 Å². The fourth-order valence-corrected chi connectivity index (χ4v) is 2.57. The van der Waals surface area contributed by atoms with Gasteiger partial charge in [0.1, 0.15) is 6.04 Å². The second-order valence-corrected chi connectivity index (χ2v) is 5.38. The van der Waals surface area contributed by atoms with Crippen molar-refractivity contribution in [3.8, 4) is 0 Å². The second-order valence-electron chi connectivity index (χ2n) is 5.00. The number of hydrogen-bond donors (Lipinski definition) is 2. The third-order valence-electron chi connectivity index (χ3n) is 3.39. The zero-order valence-electron chi connectivity index (χ0n) is 11.7. The highest BCUT2D eigenvalue weighted by Crippen LogP contribution is 2.13. The molecule has 0 aliphatic carbocycles. The van der Waals surface area contributed by atoms with Gasteiger partial charge in [-0.25, -0.2) is 0 Å². The standard InChI is InChI=1S/C14H20N4S/c1-4-12(17(2)3)13-15-16-14(19)18(13)10-11-8-6-5-7-9-11/h5-9,12H,4,10H2,1-3H3,(H,16,19)/p+1/t12-/m0/s1. The molecule has 1 heterocycles. The second kappa shape index (κ2) is 6.12. The summed E-state index contributed by atoms with van der Waals surface area (Å²) in [6, 6.07) is 10.7. The van der Waals surface area contributed by atoms with Crippen molar-refractivity contribution in [2.45, 2.75) is 25.9 Å². The number of aromatic amines is 1. The minimum atomic E-state index is 0.358. The molecule has 0 saturated carbocycles. The van der Waals surface area contributed by atoms with Crippen LogP contribution in [0, 0.1) is 4.77 Å². The van der Waals surface area contributed by atoms with Crippen molar-refractivity contribution in [3.05, 3.63) is 46.5 Å². The molecule has 0 amide bonds. The van der Waals surface area contributed by atoms with E-state index in [1.165, 1.54) is 10.5 Å². The van der Waals surface area contributed by atoms with Crippen molar-refractivity contribution in [1.82, 2.24) is 14.8 Å². The van der Waals surface area contributed by atoms with Gasteiger partial charge in [0.25, 0.3) is 0 Å². The van der Waals surface area contributed by atoms with Gasteiger partial charge in [0.15, 0.2) is 10.6 Å². The molecule has 0 aliphatic heterocycles. The summed E-state index contributed by atoms with van der Waals surface area (Å²) in [4.78, 5) is 1.37. The lowest BCUT2D eigenvalue weighted by atomic mass is 10.2. The Morgan fingerprint density at radius 2 is 2.00 bits per heavy atom. The molecule has 19 heavy (non-hydrogen) atoms. The number of H-pyrrole nitrogens is 1. The molecule has 102 valence electrons. The Hall–Kier alpha value is -1.46. The molecule has 2 aromatic rings. The van der Waals surface area contributed by atoms with E-state index < -0.39 is 0 Å². The quantitative estimate of drug-likeness (QED) is 0.815. The minimum absolute atomic E-state index is 0.358. The fourth-order valence-electron chi connectivity index (χ4n) is 2.36. The molecule has 0 bridgehead atoms. The first-order chi connectivity index (χ1) is 9.13. The monoisotopic (exact) mass is 277 g/mol. The van der Waals surface area contributed by atoms with Crippen molar-refractivity contribution >= 4 is 12.2 Å². The summed E-state index contributed by atoms with van der Waals surface area (Å²) in [5, 5.41) is 7.36. The number of nitrogens with one attached hydrogen (secondary N) is 2. The fraction of sp³-hybridized carbons (Fsp3) is 0.429. The number of quaternary nitrogens is 1. The highest BCUT2D eigenvalue weighted by Gasteiger charge is 2.22. The maximum Gasteiger partial charge on any atom is 0.195 e. The topological polar surface area (TPSA) is 38.0 Å². The van der Waals surface area contributed by atoms with Crippen molar-refractivity contribution in [1.29, 1.82) is 0 Å². The van der Waals surface area contributed by atoms with Crippen LogP contribution in [-0.2, 0) is 6.54 Å². The average molecular weight is 277 g/mol. The van der Waals surface area contributed by atoms with Crippen LogP contribution < -0.4 is 4.90 Å². The van der Waals surface area contributed by atoms with Crippen LogP contribution in [0.3, 0.4) is 0 Å². The Morgan fingerprint density at radius 1 is 1.32 bits per heavy atom. The Kier molecular flexibility index (Phi) is 4.50. The number of benzene rings is 1. The molecule has 1 aromatic heterocycles. The third kappa shape index (κ3) is 3.11. The van der Waals surface area contributed by atoms with Gasteiger partial charge in [0.2, 0.25) is 0 Å². The molecule has 4 nitrogen and oxygen atoms in total. The molecule has 1 aromatic carbocycles. The van der Waals surface area contributed by atoms with E-state index in [9.17, 15) is 0 Å². The average Bonchev–Trinajstić information content (AvgIpc) is 2.74. The van der Waals surface area contributed by atoms with Gasteiger partial charge in [-0.15, -0.1) is 0 Å². The molecule has 0 saturated heterocycles. The van der Waals surface area contributed by atoms with Crippen molar-refractivity contribution in [2.75, 3.05) is 14.1 Å². The third-order valence-corrected chi connectivity index (χ3v) is 3.70. The first-order valence-corrected chi connectivity index (χ1v) is 7.03. The molecule has 5 heteroatoms. The summed E-state index contributed by atoms with van der Waals surface area (Å²) >= 11 is 5.36. The summed E-state index contributed by atoms with van der Waals surface area (Å²) in [6.07, 6.45) is 1.04. The van der Waals surface area contributed by atoms with Crippen LogP contribution in [0.4, 0.5) is 0 Å². The molecule has 0 radical (unpaired) electrons. The molecule has 0 aliphatic rings.